The fourth-order valence-corrected chi connectivity index (χ4v) is 3.71. The number of carbonyl (C=O) groups is 1. The van der Waals surface area contributed by atoms with Crippen molar-refractivity contribution in [3.05, 3.63) is 12.7 Å². The molecule has 0 aliphatic heterocycles. The number of ether oxygens (including phenoxy) is 1. The van der Waals surface area contributed by atoms with Crippen LogP contribution < -0.4 is 5.32 Å². The molecule has 5 heteroatoms. The quantitative estimate of drug-likeness (QED) is 0.103. The predicted molar refractivity (Wildman–Crippen MR) is 142 cm³/mol. The van der Waals surface area contributed by atoms with Crippen LogP contribution in [0.25, 0.3) is 0 Å². The van der Waals surface area contributed by atoms with E-state index in [2.05, 4.69) is 25.7 Å². The van der Waals surface area contributed by atoms with E-state index in [1.165, 1.54) is 83.5 Å². The highest BCUT2D eigenvalue weighted by atomic mass is 16.5. The van der Waals surface area contributed by atoms with Gasteiger partial charge >= 0.3 is 0 Å². The largest absolute Gasteiger partial charge is 0.481 e. The smallest absolute Gasteiger partial charge is 0.300 e. The van der Waals surface area contributed by atoms with Crippen LogP contribution in [0.5, 0.6) is 0 Å². The summed E-state index contributed by atoms with van der Waals surface area (Å²) in [6.07, 6.45) is 22.9. The van der Waals surface area contributed by atoms with Crippen LogP contribution in [0.3, 0.4) is 0 Å². The molecule has 0 aromatic heterocycles. The number of unbranched alkanes of at least 4 members (excludes halogenated alkanes) is 12. The van der Waals surface area contributed by atoms with Crippen LogP contribution in [0.4, 0.5) is 0 Å². The van der Waals surface area contributed by atoms with E-state index >= 15 is 0 Å². The van der Waals surface area contributed by atoms with Crippen LogP contribution in [0.2, 0.25) is 0 Å². The molecule has 1 unspecified atom stereocenters. The molecule has 0 spiro atoms. The van der Waals surface area contributed by atoms with Crippen LogP contribution in [0.15, 0.2) is 12.7 Å². The lowest BCUT2D eigenvalue weighted by Crippen LogP contribution is -2.28. The van der Waals surface area contributed by atoms with Crippen molar-refractivity contribution in [2.24, 2.45) is 5.92 Å². The first-order valence-electron chi connectivity index (χ1n) is 13.7. The van der Waals surface area contributed by atoms with Gasteiger partial charge in [0, 0.05) is 20.1 Å². The average molecular weight is 472 g/mol. The van der Waals surface area contributed by atoms with Gasteiger partial charge in [0.25, 0.3) is 5.97 Å². The monoisotopic (exact) mass is 471 g/mol. The zero-order chi connectivity index (χ0) is 25.0. The van der Waals surface area contributed by atoms with Crippen molar-refractivity contribution < 1.29 is 19.7 Å². The van der Waals surface area contributed by atoms with E-state index in [1.54, 1.807) is 6.08 Å². The first-order chi connectivity index (χ1) is 15.9. The number of carboxylic acid groups (broad SMARTS) is 1. The van der Waals surface area contributed by atoms with Gasteiger partial charge < -0.3 is 20.3 Å². The lowest BCUT2D eigenvalue weighted by atomic mass is 10.0. The summed E-state index contributed by atoms with van der Waals surface area (Å²) in [4.78, 5) is 9.00. The second-order valence-electron chi connectivity index (χ2n) is 9.66. The fourth-order valence-electron chi connectivity index (χ4n) is 3.71. The van der Waals surface area contributed by atoms with Crippen LogP contribution in [-0.4, -0.2) is 48.6 Å². The molecule has 0 aromatic rings. The summed E-state index contributed by atoms with van der Waals surface area (Å²) in [5, 5.41) is 20.7. The van der Waals surface area contributed by atoms with E-state index in [9.17, 15) is 5.11 Å². The van der Waals surface area contributed by atoms with Crippen LogP contribution in [-0.2, 0) is 9.53 Å². The van der Waals surface area contributed by atoms with E-state index in [0.717, 1.165) is 45.3 Å². The lowest BCUT2D eigenvalue weighted by molar-refractivity contribution is -0.134. The zero-order valence-electron chi connectivity index (χ0n) is 22.3. The molecule has 0 aliphatic rings. The van der Waals surface area contributed by atoms with Gasteiger partial charge in [0.2, 0.25) is 0 Å². The number of aliphatic hydroxyl groups is 1. The van der Waals surface area contributed by atoms with Crippen molar-refractivity contribution in [2.75, 3.05) is 26.3 Å². The van der Waals surface area contributed by atoms with Crippen molar-refractivity contribution in [3.63, 3.8) is 0 Å². The van der Waals surface area contributed by atoms with E-state index < -0.39 is 5.97 Å². The number of carboxylic acids is 1. The first kappa shape index (κ1) is 34.3. The number of hydrogen-bond donors (Lipinski definition) is 3. The maximum Gasteiger partial charge on any atom is 0.300 e. The number of aliphatic hydroxyl groups excluding tert-OH is 1. The summed E-state index contributed by atoms with van der Waals surface area (Å²) < 4.78 is 5.33. The molecule has 0 aromatic carbocycles. The Labute approximate surface area is 205 Å². The molecular formula is C28H57NO4. The van der Waals surface area contributed by atoms with Gasteiger partial charge in [-0.05, 0) is 25.3 Å². The highest BCUT2D eigenvalue weighted by Crippen LogP contribution is 2.14. The van der Waals surface area contributed by atoms with Gasteiger partial charge in [-0.25, -0.2) is 0 Å². The molecule has 0 radical (unpaired) electrons. The Hall–Kier alpha value is -0.910. The topological polar surface area (TPSA) is 78.8 Å². The third kappa shape index (κ3) is 38.7. The Morgan fingerprint density at radius 3 is 1.70 bits per heavy atom. The Morgan fingerprint density at radius 1 is 0.848 bits per heavy atom. The van der Waals surface area contributed by atoms with E-state index in [1.807, 2.05) is 0 Å². The van der Waals surface area contributed by atoms with E-state index in [4.69, 9.17) is 14.6 Å². The number of aliphatic carboxylic acids is 1. The lowest BCUT2D eigenvalue weighted by Gasteiger charge is -2.11. The third-order valence-electron chi connectivity index (χ3n) is 5.58. The van der Waals surface area contributed by atoms with Gasteiger partial charge in [0.15, 0.2) is 0 Å². The number of nitrogens with one attached hydrogen (secondary N) is 1. The van der Waals surface area contributed by atoms with Crippen molar-refractivity contribution in [1.29, 1.82) is 0 Å². The van der Waals surface area contributed by atoms with Crippen molar-refractivity contribution >= 4 is 5.97 Å². The zero-order valence-corrected chi connectivity index (χ0v) is 22.3. The summed E-state index contributed by atoms with van der Waals surface area (Å²) in [6.45, 7) is 12.4. The third-order valence-corrected chi connectivity index (χ3v) is 5.58. The second-order valence-corrected chi connectivity index (χ2v) is 9.66. The highest BCUT2D eigenvalue weighted by molar-refractivity contribution is 5.62. The normalized spacial score (nSPS) is 11.8. The van der Waals surface area contributed by atoms with E-state index in [0.29, 0.717) is 13.2 Å². The summed E-state index contributed by atoms with van der Waals surface area (Å²) in [5.41, 5.74) is 0. The SMILES string of the molecule is C=CCOCCCNCC(O)CCCCCCCCCCCCCCCC(C)C.CC(=O)O. The van der Waals surface area contributed by atoms with Gasteiger partial charge in [-0.15, -0.1) is 6.58 Å². The summed E-state index contributed by atoms with van der Waals surface area (Å²) in [7, 11) is 0. The average Bonchev–Trinajstić information content (AvgIpc) is 2.75. The molecule has 3 N–H and O–H groups in total. The molecule has 1 atom stereocenters. The molecule has 0 saturated carbocycles. The van der Waals surface area contributed by atoms with Crippen LogP contribution in [0.1, 0.15) is 124 Å². The van der Waals surface area contributed by atoms with E-state index in [-0.39, 0.29) is 6.10 Å². The second kappa shape index (κ2) is 29.1. The highest BCUT2D eigenvalue weighted by Gasteiger charge is 2.03. The minimum absolute atomic E-state index is 0.200. The Morgan fingerprint density at radius 2 is 1.27 bits per heavy atom. The Bertz CT molecular complexity index is 397. The minimum atomic E-state index is -0.833. The molecule has 33 heavy (non-hydrogen) atoms. The maximum atomic E-state index is 10.00. The molecule has 0 fully saturated rings. The first-order valence-corrected chi connectivity index (χ1v) is 13.7. The van der Waals surface area contributed by atoms with Gasteiger partial charge in [-0.1, -0.05) is 110 Å². The maximum absolute atomic E-state index is 10.00. The summed E-state index contributed by atoms with van der Waals surface area (Å²) in [5.74, 6) is 0.0421. The van der Waals surface area contributed by atoms with Crippen LogP contribution in [0, 0.1) is 5.92 Å². The van der Waals surface area contributed by atoms with Gasteiger partial charge in [0.1, 0.15) is 0 Å². The predicted octanol–water partition coefficient (Wildman–Crippen LogP) is 7.13. The van der Waals surface area contributed by atoms with Crippen molar-refractivity contribution in [2.45, 2.75) is 130 Å². The van der Waals surface area contributed by atoms with Gasteiger partial charge in [-0.3, -0.25) is 4.79 Å². The molecule has 198 valence electrons. The van der Waals surface area contributed by atoms with Crippen molar-refractivity contribution in [1.82, 2.24) is 5.32 Å². The number of rotatable bonds is 24. The fraction of sp³-hybridized carbons (Fsp3) is 0.893. The Kier molecular flexibility index (Phi) is 30.2. The molecular weight excluding hydrogens is 414 g/mol. The Balaban J connectivity index is 0. The van der Waals surface area contributed by atoms with Crippen LogP contribution >= 0.6 is 0 Å². The summed E-state index contributed by atoms with van der Waals surface area (Å²) >= 11 is 0. The standard InChI is InChI=1S/C26H53NO2.C2H4O2/c1-4-22-29-23-18-21-27-24-26(28)20-17-15-13-11-9-7-5-6-8-10-12-14-16-19-25(2)3;1-2(3)4/h4,25-28H,1,5-24H2,2-3H3;1H3,(H,3,4). The number of hydrogen-bond acceptors (Lipinski definition) is 4. The molecule has 5 nitrogen and oxygen atoms in total. The summed E-state index contributed by atoms with van der Waals surface area (Å²) in [6, 6.07) is 0. The van der Waals surface area contributed by atoms with Crippen molar-refractivity contribution in [3.8, 4) is 0 Å². The molecule has 0 heterocycles. The molecule has 0 rings (SSSR count). The van der Waals surface area contributed by atoms with Gasteiger partial charge in [0.05, 0.1) is 12.7 Å². The van der Waals surface area contributed by atoms with Gasteiger partial charge in [-0.2, -0.15) is 0 Å². The molecule has 0 bridgehead atoms. The molecule has 0 saturated heterocycles. The minimum Gasteiger partial charge on any atom is -0.481 e. The molecule has 0 amide bonds. The molecule has 0 aliphatic carbocycles.